The molecule has 2 aromatic carbocycles. The highest BCUT2D eigenvalue weighted by Gasteiger charge is 2.31. The minimum absolute atomic E-state index is 0.0804. The van der Waals surface area contributed by atoms with Crippen LogP contribution >= 0.6 is 0 Å². The van der Waals surface area contributed by atoms with Crippen molar-refractivity contribution in [3.05, 3.63) is 101 Å². The Kier molecular flexibility index (Phi) is 8.66. The van der Waals surface area contributed by atoms with Crippen molar-refractivity contribution in [3.8, 4) is 0 Å². The highest BCUT2D eigenvalue weighted by Crippen LogP contribution is 2.32. The Morgan fingerprint density at radius 2 is 1.71 bits per heavy atom. The molecule has 5 rings (SSSR count). The second-order valence-corrected chi connectivity index (χ2v) is 10.9. The van der Waals surface area contributed by atoms with Crippen molar-refractivity contribution < 1.29 is 27.5 Å². The van der Waals surface area contributed by atoms with Crippen molar-refractivity contribution >= 4 is 22.9 Å². The van der Waals surface area contributed by atoms with Crippen LogP contribution in [0.2, 0.25) is 0 Å². The molecule has 6 nitrogen and oxygen atoms in total. The molecule has 1 fully saturated rings. The zero-order valence-electron chi connectivity index (χ0n) is 23.7. The fraction of sp³-hybridized carbons (Fsp3) is 0.364. The van der Waals surface area contributed by atoms with Crippen molar-refractivity contribution in [3.63, 3.8) is 0 Å². The summed E-state index contributed by atoms with van der Waals surface area (Å²) in [5.74, 6) is -0.635. The van der Waals surface area contributed by atoms with E-state index in [4.69, 9.17) is 4.74 Å². The third kappa shape index (κ3) is 6.50. The number of aryl methyl sites for hydroxylation is 1. The normalized spacial score (nSPS) is 18.0. The highest BCUT2D eigenvalue weighted by molar-refractivity contribution is 6.07. The number of hydrogen-bond acceptors (Lipinski definition) is 4. The van der Waals surface area contributed by atoms with Gasteiger partial charge >= 0.3 is 12.1 Å². The van der Waals surface area contributed by atoms with E-state index in [0.29, 0.717) is 60.8 Å². The minimum atomic E-state index is -4.40. The molecule has 1 amide bonds. The number of benzene rings is 2. The van der Waals surface area contributed by atoms with Crippen molar-refractivity contribution in [1.29, 1.82) is 0 Å². The van der Waals surface area contributed by atoms with Crippen LogP contribution in [0.15, 0.2) is 73.1 Å². The Bertz CT molecular complexity index is 1540. The van der Waals surface area contributed by atoms with Crippen LogP contribution in [0.25, 0.3) is 11.0 Å². The van der Waals surface area contributed by atoms with Gasteiger partial charge in [-0.1, -0.05) is 42.5 Å². The maximum Gasteiger partial charge on any atom is 0.416 e. The van der Waals surface area contributed by atoms with Gasteiger partial charge in [0.25, 0.3) is 5.91 Å². The fourth-order valence-electron chi connectivity index (χ4n) is 5.67. The van der Waals surface area contributed by atoms with E-state index in [1.807, 2.05) is 54.8 Å². The van der Waals surface area contributed by atoms with Gasteiger partial charge in [-0.2, -0.15) is 13.2 Å². The quantitative estimate of drug-likeness (QED) is 0.224. The van der Waals surface area contributed by atoms with Gasteiger partial charge in [0.05, 0.1) is 17.0 Å². The molecule has 1 aliphatic rings. The molecule has 4 aromatic rings. The summed E-state index contributed by atoms with van der Waals surface area (Å²) in [4.78, 5) is 30.9. The summed E-state index contributed by atoms with van der Waals surface area (Å²) in [6, 6.07) is 16.4. The number of fused-ring (bicyclic) bond motifs is 1. The number of nitrogens with zero attached hydrogens (tertiary/aromatic N) is 2. The number of alkyl halides is 3. The van der Waals surface area contributed by atoms with Crippen LogP contribution in [0.5, 0.6) is 0 Å². The van der Waals surface area contributed by atoms with E-state index in [1.165, 1.54) is 12.1 Å². The lowest BCUT2D eigenvalue weighted by Gasteiger charge is -2.28. The molecule has 1 N–H and O–H groups in total. The van der Waals surface area contributed by atoms with Gasteiger partial charge in [0.1, 0.15) is 11.8 Å². The lowest BCUT2D eigenvalue weighted by Crippen LogP contribution is -2.39. The monoisotopic (exact) mass is 577 g/mol. The predicted octanol–water partition coefficient (Wildman–Crippen LogP) is 7.26. The number of carbonyl (C=O) groups excluding carboxylic acids is 2. The lowest BCUT2D eigenvalue weighted by molar-refractivity contribution is -0.154. The number of hydrogen-bond donors (Lipinski definition) is 1. The zero-order valence-corrected chi connectivity index (χ0v) is 23.7. The first-order chi connectivity index (χ1) is 20.1. The Balaban J connectivity index is 1.26. The summed E-state index contributed by atoms with van der Waals surface area (Å²) in [6.07, 6.45) is 1.67. The summed E-state index contributed by atoms with van der Waals surface area (Å²) >= 11 is 0. The molecule has 1 saturated carbocycles. The Morgan fingerprint density at radius 1 is 1.02 bits per heavy atom. The van der Waals surface area contributed by atoms with E-state index < -0.39 is 11.7 Å². The van der Waals surface area contributed by atoms with Crippen LogP contribution in [0.4, 0.5) is 13.2 Å². The number of esters is 1. The predicted molar refractivity (Wildman–Crippen MR) is 154 cm³/mol. The highest BCUT2D eigenvalue weighted by atomic mass is 19.4. The number of nitrogens with one attached hydrogen (secondary N) is 1. The average molecular weight is 578 g/mol. The molecular weight excluding hydrogens is 543 g/mol. The molecule has 0 spiro atoms. The first kappa shape index (κ1) is 29.4. The number of ether oxygens (including phenoxy) is 1. The summed E-state index contributed by atoms with van der Waals surface area (Å²) in [6.45, 7) is 4.44. The number of aromatic nitrogens is 2. The van der Waals surface area contributed by atoms with Gasteiger partial charge in [-0.25, -0.2) is 4.98 Å². The molecule has 1 atom stereocenters. The molecule has 0 unspecified atom stereocenters. The molecule has 2 heterocycles. The third-order valence-electron chi connectivity index (χ3n) is 8.06. The Morgan fingerprint density at radius 3 is 2.36 bits per heavy atom. The van der Waals surface area contributed by atoms with E-state index in [-0.39, 0.29) is 29.9 Å². The summed E-state index contributed by atoms with van der Waals surface area (Å²) in [7, 11) is 0. The number of rotatable bonds is 8. The van der Waals surface area contributed by atoms with E-state index in [2.05, 4.69) is 10.3 Å². The van der Waals surface area contributed by atoms with Crippen molar-refractivity contribution in [2.75, 3.05) is 0 Å². The number of halogens is 3. The molecular formula is C33H34F3N3O3. The summed E-state index contributed by atoms with van der Waals surface area (Å²) in [5, 5.41) is 3.85. The maximum atomic E-state index is 13.6. The van der Waals surface area contributed by atoms with Crippen LogP contribution in [-0.2, 0) is 28.7 Å². The SMILES string of the molecule is CCn1cc(C(=O)NC2CCC(C(=O)O[C@@H](C)c3ccccc3)CC2)c2c(Cc3ccc(C(F)(F)F)cc3)ccnc21. The summed E-state index contributed by atoms with van der Waals surface area (Å²) < 4.78 is 46.7. The first-order valence-electron chi connectivity index (χ1n) is 14.3. The molecule has 9 heteroatoms. The average Bonchev–Trinajstić information content (AvgIpc) is 3.38. The van der Waals surface area contributed by atoms with Gasteiger partial charge in [-0.3, -0.25) is 9.59 Å². The van der Waals surface area contributed by atoms with E-state index in [0.717, 1.165) is 23.3 Å². The molecule has 42 heavy (non-hydrogen) atoms. The van der Waals surface area contributed by atoms with Gasteiger partial charge in [-0.05, 0) is 80.8 Å². The van der Waals surface area contributed by atoms with Crippen LogP contribution in [0.1, 0.15) is 78.2 Å². The Hall–Kier alpha value is -4.14. The van der Waals surface area contributed by atoms with Gasteiger partial charge < -0.3 is 14.6 Å². The van der Waals surface area contributed by atoms with Crippen molar-refractivity contribution in [1.82, 2.24) is 14.9 Å². The summed E-state index contributed by atoms with van der Waals surface area (Å²) in [5.41, 5.74) is 2.92. The molecule has 2 aromatic heterocycles. The van der Waals surface area contributed by atoms with E-state index in [1.54, 1.807) is 12.4 Å². The van der Waals surface area contributed by atoms with Gasteiger partial charge in [0.2, 0.25) is 0 Å². The molecule has 1 aliphatic carbocycles. The second-order valence-electron chi connectivity index (χ2n) is 10.9. The van der Waals surface area contributed by atoms with Crippen LogP contribution in [0.3, 0.4) is 0 Å². The van der Waals surface area contributed by atoms with E-state index >= 15 is 0 Å². The van der Waals surface area contributed by atoms with Crippen molar-refractivity contribution in [2.24, 2.45) is 5.92 Å². The van der Waals surface area contributed by atoms with Crippen LogP contribution in [0, 0.1) is 5.92 Å². The molecule has 0 saturated heterocycles. The lowest BCUT2D eigenvalue weighted by atomic mass is 9.86. The molecule has 220 valence electrons. The largest absolute Gasteiger partial charge is 0.458 e. The fourth-order valence-corrected chi connectivity index (χ4v) is 5.67. The number of amides is 1. The van der Waals surface area contributed by atoms with Crippen LogP contribution in [-0.4, -0.2) is 27.5 Å². The smallest absolute Gasteiger partial charge is 0.416 e. The second kappa shape index (κ2) is 12.4. The minimum Gasteiger partial charge on any atom is -0.458 e. The molecule has 0 aliphatic heterocycles. The third-order valence-corrected chi connectivity index (χ3v) is 8.06. The first-order valence-corrected chi connectivity index (χ1v) is 14.3. The van der Waals surface area contributed by atoms with Gasteiger partial charge in [-0.15, -0.1) is 0 Å². The van der Waals surface area contributed by atoms with E-state index in [9.17, 15) is 22.8 Å². The van der Waals surface area contributed by atoms with Crippen LogP contribution < -0.4 is 5.32 Å². The van der Waals surface area contributed by atoms with Gasteiger partial charge in [0.15, 0.2) is 0 Å². The zero-order chi connectivity index (χ0) is 29.9. The topological polar surface area (TPSA) is 73.2 Å². The number of carbonyl (C=O) groups is 2. The maximum absolute atomic E-state index is 13.6. The van der Waals surface area contributed by atoms with Crippen molar-refractivity contribution in [2.45, 2.75) is 70.8 Å². The number of pyridine rings is 1. The Labute approximate surface area is 242 Å². The van der Waals surface area contributed by atoms with Gasteiger partial charge in [0, 0.05) is 30.4 Å². The standard InChI is InChI=1S/C33H34F3N3O3/c1-3-39-20-28(29-25(17-18-37-30(29)39)19-22-9-13-26(14-10-22)33(34,35)36)31(40)38-27-15-11-24(12-16-27)32(41)42-21(2)23-7-5-4-6-8-23/h4-10,13-14,17-18,20-21,24,27H,3,11-12,15-16,19H2,1-2H3,(H,38,40)/t21-,24?,27?/m0/s1. The molecule has 0 bridgehead atoms. The molecule has 0 radical (unpaired) electrons.